The maximum absolute atomic E-state index is 12.6. The standard InChI is InChI=1S/C12H15FN2O3/c1-2-18-12(17)14-8-7-11(16)15-10-5-3-9(13)4-6-10/h3-6H,2,7-8H2,1H3,(H,14,17)(H,15,16). The predicted molar refractivity (Wildman–Crippen MR) is 64.7 cm³/mol. The molecule has 0 atom stereocenters. The van der Waals surface area contributed by atoms with Crippen LogP contribution in [0.3, 0.4) is 0 Å². The molecule has 98 valence electrons. The van der Waals surface area contributed by atoms with Crippen molar-refractivity contribution < 1.29 is 18.7 Å². The van der Waals surface area contributed by atoms with E-state index in [0.717, 1.165) is 0 Å². The lowest BCUT2D eigenvalue weighted by Crippen LogP contribution is -2.28. The Labute approximate surface area is 104 Å². The Morgan fingerprint density at radius 2 is 1.94 bits per heavy atom. The zero-order chi connectivity index (χ0) is 13.4. The summed E-state index contributed by atoms with van der Waals surface area (Å²) in [5.74, 6) is -0.629. The van der Waals surface area contributed by atoms with Crippen LogP contribution in [0.1, 0.15) is 13.3 Å². The van der Waals surface area contributed by atoms with Crippen molar-refractivity contribution in [3.05, 3.63) is 30.1 Å². The van der Waals surface area contributed by atoms with Crippen LogP contribution < -0.4 is 10.6 Å². The number of rotatable bonds is 5. The Balaban J connectivity index is 2.25. The number of carbonyl (C=O) groups excluding carboxylic acids is 2. The molecule has 0 saturated heterocycles. The summed E-state index contributed by atoms with van der Waals surface area (Å²) < 4.78 is 17.2. The number of amides is 2. The van der Waals surface area contributed by atoms with E-state index in [1.807, 2.05) is 0 Å². The molecular weight excluding hydrogens is 239 g/mol. The fourth-order valence-corrected chi connectivity index (χ4v) is 1.22. The molecule has 0 fully saturated rings. The third-order valence-electron chi connectivity index (χ3n) is 2.02. The molecule has 0 aliphatic heterocycles. The first-order chi connectivity index (χ1) is 8.61. The molecule has 1 rings (SSSR count). The van der Waals surface area contributed by atoms with Crippen molar-refractivity contribution >= 4 is 17.7 Å². The van der Waals surface area contributed by atoms with Gasteiger partial charge in [-0.25, -0.2) is 9.18 Å². The van der Waals surface area contributed by atoms with Crippen LogP contribution in [-0.2, 0) is 9.53 Å². The third kappa shape index (κ3) is 5.29. The molecule has 0 aliphatic carbocycles. The number of hydrogen-bond acceptors (Lipinski definition) is 3. The minimum atomic E-state index is -0.549. The molecule has 0 heterocycles. The van der Waals surface area contributed by atoms with Crippen molar-refractivity contribution in [2.75, 3.05) is 18.5 Å². The topological polar surface area (TPSA) is 67.4 Å². The minimum absolute atomic E-state index is 0.121. The summed E-state index contributed by atoms with van der Waals surface area (Å²) in [5.41, 5.74) is 0.512. The zero-order valence-electron chi connectivity index (χ0n) is 10.0. The number of nitrogens with one attached hydrogen (secondary N) is 2. The molecule has 2 N–H and O–H groups in total. The van der Waals surface area contributed by atoms with Crippen molar-refractivity contribution in [2.24, 2.45) is 0 Å². The van der Waals surface area contributed by atoms with E-state index in [4.69, 9.17) is 0 Å². The number of alkyl carbamates (subject to hydrolysis) is 1. The molecule has 1 aromatic carbocycles. The van der Waals surface area contributed by atoms with E-state index < -0.39 is 6.09 Å². The fourth-order valence-electron chi connectivity index (χ4n) is 1.22. The van der Waals surface area contributed by atoms with Gasteiger partial charge in [0.25, 0.3) is 0 Å². The van der Waals surface area contributed by atoms with Crippen LogP contribution in [0.2, 0.25) is 0 Å². The molecule has 0 aromatic heterocycles. The van der Waals surface area contributed by atoms with Crippen molar-refractivity contribution in [2.45, 2.75) is 13.3 Å². The maximum Gasteiger partial charge on any atom is 0.407 e. The predicted octanol–water partition coefficient (Wildman–Crippen LogP) is 1.90. The van der Waals surface area contributed by atoms with Crippen LogP contribution >= 0.6 is 0 Å². The SMILES string of the molecule is CCOC(=O)NCCC(=O)Nc1ccc(F)cc1. The van der Waals surface area contributed by atoms with E-state index in [0.29, 0.717) is 5.69 Å². The maximum atomic E-state index is 12.6. The third-order valence-corrected chi connectivity index (χ3v) is 2.02. The molecule has 18 heavy (non-hydrogen) atoms. The van der Waals surface area contributed by atoms with Gasteiger partial charge >= 0.3 is 6.09 Å². The Kier molecular flexibility index (Phi) is 5.63. The summed E-state index contributed by atoms with van der Waals surface area (Å²) in [5, 5.41) is 5.00. The molecule has 0 spiro atoms. The van der Waals surface area contributed by atoms with Crippen molar-refractivity contribution in [1.29, 1.82) is 0 Å². The highest BCUT2D eigenvalue weighted by Crippen LogP contribution is 2.08. The van der Waals surface area contributed by atoms with Crippen molar-refractivity contribution in [3.8, 4) is 0 Å². The van der Waals surface area contributed by atoms with Gasteiger partial charge in [0, 0.05) is 18.7 Å². The summed E-state index contributed by atoms with van der Waals surface area (Å²) in [7, 11) is 0. The molecule has 5 nitrogen and oxygen atoms in total. The number of carbonyl (C=O) groups is 2. The van der Waals surface area contributed by atoms with Crippen molar-refractivity contribution in [3.63, 3.8) is 0 Å². The first-order valence-electron chi connectivity index (χ1n) is 5.58. The van der Waals surface area contributed by atoms with Gasteiger partial charge in [-0.2, -0.15) is 0 Å². The number of anilines is 1. The highest BCUT2D eigenvalue weighted by atomic mass is 19.1. The van der Waals surface area contributed by atoms with Crippen LogP contribution in [-0.4, -0.2) is 25.2 Å². The second-order valence-corrected chi connectivity index (χ2v) is 3.45. The van der Waals surface area contributed by atoms with Gasteiger partial charge in [0.15, 0.2) is 0 Å². The molecular formula is C12H15FN2O3. The molecule has 0 aliphatic rings. The molecule has 6 heteroatoms. The average molecular weight is 254 g/mol. The van der Waals surface area contributed by atoms with Crippen molar-refractivity contribution in [1.82, 2.24) is 5.32 Å². The Morgan fingerprint density at radius 3 is 2.56 bits per heavy atom. The zero-order valence-corrected chi connectivity index (χ0v) is 10.0. The van der Waals surface area contributed by atoms with Crippen LogP contribution in [0.5, 0.6) is 0 Å². The van der Waals surface area contributed by atoms with Gasteiger partial charge in [-0.05, 0) is 31.2 Å². The Morgan fingerprint density at radius 1 is 1.28 bits per heavy atom. The van der Waals surface area contributed by atoms with Crippen LogP contribution in [0.25, 0.3) is 0 Å². The summed E-state index contributed by atoms with van der Waals surface area (Å²) >= 11 is 0. The molecule has 0 bridgehead atoms. The number of benzene rings is 1. The highest BCUT2D eigenvalue weighted by Gasteiger charge is 2.04. The Bertz CT molecular complexity index is 406. The van der Waals surface area contributed by atoms with E-state index >= 15 is 0 Å². The number of hydrogen-bond donors (Lipinski definition) is 2. The lowest BCUT2D eigenvalue weighted by molar-refractivity contribution is -0.116. The number of halogens is 1. The minimum Gasteiger partial charge on any atom is -0.450 e. The van der Waals surface area contributed by atoms with Gasteiger partial charge < -0.3 is 15.4 Å². The largest absolute Gasteiger partial charge is 0.450 e. The van der Waals surface area contributed by atoms with Crippen LogP contribution in [0.4, 0.5) is 14.9 Å². The molecule has 1 aromatic rings. The van der Waals surface area contributed by atoms with Crippen LogP contribution in [0.15, 0.2) is 24.3 Å². The van der Waals surface area contributed by atoms with Gasteiger partial charge in [-0.1, -0.05) is 0 Å². The first-order valence-corrected chi connectivity index (χ1v) is 5.58. The average Bonchev–Trinajstić information content (AvgIpc) is 2.32. The van der Waals surface area contributed by atoms with Gasteiger partial charge in [0.2, 0.25) is 5.91 Å². The summed E-state index contributed by atoms with van der Waals surface area (Å²) in [6, 6.07) is 5.44. The van der Waals surface area contributed by atoms with E-state index in [9.17, 15) is 14.0 Å². The molecule has 0 radical (unpaired) electrons. The van der Waals surface area contributed by atoms with E-state index in [2.05, 4.69) is 15.4 Å². The van der Waals surface area contributed by atoms with E-state index in [1.165, 1.54) is 24.3 Å². The van der Waals surface area contributed by atoms with Gasteiger partial charge in [-0.15, -0.1) is 0 Å². The summed E-state index contributed by atoms with van der Waals surface area (Å²) in [4.78, 5) is 22.4. The lowest BCUT2D eigenvalue weighted by Gasteiger charge is -2.06. The quantitative estimate of drug-likeness (QED) is 0.843. The second-order valence-electron chi connectivity index (χ2n) is 3.45. The summed E-state index contributed by atoms with van der Waals surface area (Å²) in [6.07, 6.45) is -0.428. The smallest absolute Gasteiger partial charge is 0.407 e. The van der Waals surface area contributed by atoms with E-state index in [-0.39, 0.29) is 31.3 Å². The highest BCUT2D eigenvalue weighted by molar-refractivity contribution is 5.90. The monoisotopic (exact) mass is 254 g/mol. The number of ether oxygens (including phenoxy) is 1. The molecule has 2 amide bonds. The van der Waals surface area contributed by atoms with Gasteiger partial charge in [-0.3, -0.25) is 4.79 Å². The van der Waals surface area contributed by atoms with E-state index in [1.54, 1.807) is 6.92 Å². The molecule has 0 unspecified atom stereocenters. The summed E-state index contributed by atoms with van der Waals surface area (Å²) in [6.45, 7) is 2.17. The normalized spacial score (nSPS) is 9.67. The second kappa shape index (κ2) is 7.26. The lowest BCUT2D eigenvalue weighted by atomic mass is 10.3. The fraction of sp³-hybridized carbons (Fsp3) is 0.333. The first kappa shape index (κ1) is 14.0. The Hall–Kier alpha value is -2.11. The van der Waals surface area contributed by atoms with Gasteiger partial charge in [0.1, 0.15) is 5.82 Å². The van der Waals surface area contributed by atoms with Gasteiger partial charge in [0.05, 0.1) is 6.61 Å². The van der Waals surface area contributed by atoms with Crippen LogP contribution in [0, 0.1) is 5.82 Å². The molecule has 0 saturated carbocycles.